The van der Waals surface area contributed by atoms with Gasteiger partial charge in [-0.2, -0.15) is 0 Å². The molecule has 2 aromatic rings. The fourth-order valence-electron chi connectivity index (χ4n) is 1.90. The van der Waals surface area contributed by atoms with Crippen LogP contribution in [0.2, 0.25) is 0 Å². The average molecular weight is 269 g/mol. The Kier molecular flexibility index (Phi) is 3.57. The molecule has 0 fully saturated rings. The lowest BCUT2D eigenvalue weighted by atomic mass is 9.97. The van der Waals surface area contributed by atoms with Crippen molar-refractivity contribution in [3.63, 3.8) is 0 Å². The van der Waals surface area contributed by atoms with Gasteiger partial charge in [0, 0.05) is 5.56 Å². The Hall–Kier alpha value is -1.88. The van der Waals surface area contributed by atoms with E-state index in [0.717, 1.165) is 18.2 Å². The SMILES string of the molecule is Cc1cc(F)cc(C(N)c2ccc(F)c(F)c2F)c1. The minimum atomic E-state index is -1.58. The summed E-state index contributed by atoms with van der Waals surface area (Å²) in [6.07, 6.45) is 0. The Morgan fingerprint density at radius 3 is 2.26 bits per heavy atom. The molecule has 0 saturated carbocycles. The van der Waals surface area contributed by atoms with E-state index in [-0.39, 0.29) is 5.56 Å². The van der Waals surface area contributed by atoms with Crippen LogP contribution >= 0.6 is 0 Å². The standard InChI is InChI=1S/C14H11F4N/c1-7-4-8(6-9(15)5-7)14(19)10-2-3-11(16)13(18)12(10)17/h2-6,14H,19H2,1H3. The van der Waals surface area contributed by atoms with Crippen molar-refractivity contribution in [1.29, 1.82) is 0 Å². The minimum Gasteiger partial charge on any atom is -0.320 e. The molecule has 5 heteroatoms. The highest BCUT2D eigenvalue weighted by Crippen LogP contribution is 2.26. The van der Waals surface area contributed by atoms with Gasteiger partial charge >= 0.3 is 0 Å². The van der Waals surface area contributed by atoms with Crippen molar-refractivity contribution in [2.45, 2.75) is 13.0 Å². The summed E-state index contributed by atoms with van der Waals surface area (Å²) in [5.41, 5.74) is 6.46. The summed E-state index contributed by atoms with van der Waals surface area (Å²) in [6, 6.07) is 4.77. The monoisotopic (exact) mass is 269 g/mol. The highest BCUT2D eigenvalue weighted by molar-refractivity contribution is 5.35. The second-order valence-corrected chi connectivity index (χ2v) is 4.30. The van der Waals surface area contributed by atoms with E-state index in [1.165, 1.54) is 6.07 Å². The Morgan fingerprint density at radius 1 is 0.947 bits per heavy atom. The second-order valence-electron chi connectivity index (χ2n) is 4.30. The molecule has 1 atom stereocenters. The Labute approximate surface area is 107 Å². The maximum Gasteiger partial charge on any atom is 0.194 e. The third-order valence-corrected chi connectivity index (χ3v) is 2.82. The van der Waals surface area contributed by atoms with Crippen molar-refractivity contribution in [1.82, 2.24) is 0 Å². The number of aryl methyl sites for hydroxylation is 1. The largest absolute Gasteiger partial charge is 0.320 e. The quantitative estimate of drug-likeness (QED) is 0.654. The molecule has 0 aliphatic carbocycles. The summed E-state index contributed by atoms with van der Waals surface area (Å²) in [4.78, 5) is 0. The van der Waals surface area contributed by atoms with Gasteiger partial charge in [0.25, 0.3) is 0 Å². The first-order chi connectivity index (χ1) is 8.90. The zero-order valence-electron chi connectivity index (χ0n) is 10.1. The zero-order chi connectivity index (χ0) is 14.2. The summed E-state index contributed by atoms with van der Waals surface area (Å²) >= 11 is 0. The predicted molar refractivity (Wildman–Crippen MR) is 63.5 cm³/mol. The van der Waals surface area contributed by atoms with E-state index in [9.17, 15) is 17.6 Å². The Morgan fingerprint density at radius 2 is 1.63 bits per heavy atom. The third kappa shape index (κ3) is 2.61. The molecule has 0 aliphatic heterocycles. The molecule has 0 spiro atoms. The summed E-state index contributed by atoms with van der Waals surface area (Å²) < 4.78 is 52.9. The molecular formula is C14H11F4N. The topological polar surface area (TPSA) is 26.0 Å². The molecule has 1 unspecified atom stereocenters. The van der Waals surface area contributed by atoms with Crippen LogP contribution in [0.15, 0.2) is 30.3 Å². The van der Waals surface area contributed by atoms with Crippen LogP contribution in [-0.2, 0) is 0 Å². The van der Waals surface area contributed by atoms with Gasteiger partial charge in [0.1, 0.15) is 5.82 Å². The van der Waals surface area contributed by atoms with Gasteiger partial charge in [-0.3, -0.25) is 0 Å². The molecule has 0 heterocycles. The van der Waals surface area contributed by atoms with Crippen LogP contribution in [0.5, 0.6) is 0 Å². The van der Waals surface area contributed by atoms with Gasteiger partial charge in [-0.15, -0.1) is 0 Å². The van der Waals surface area contributed by atoms with Crippen molar-refractivity contribution in [2.24, 2.45) is 5.73 Å². The summed E-state index contributed by atoms with van der Waals surface area (Å²) in [6.45, 7) is 1.65. The smallest absolute Gasteiger partial charge is 0.194 e. The molecule has 100 valence electrons. The minimum absolute atomic E-state index is 0.219. The highest BCUT2D eigenvalue weighted by Gasteiger charge is 2.20. The normalized spacial score (nSPS) is 12.5. The van der Waals surface area contributed by atoms with Crippen LogP contribution in [0.1, 0.15) is 22.7 Å². The summed E-state index contributed by atoms with van der Waals surface area (Å²) in [5, 5.41) is 0. The van der Waals surface area contributed by atoms with E-state index in [4.69, 9.17) is 5.73 Å². The number of rotatable bonds is 2. The first-order valence-corrected chi connectivity index (χ1v) is 5.56. The lowest BCUT2D eigenvalue weighted by Crippen LogP contribution is -2.15. The van der Waals surface area contributed by atoms with Gasteiger partial charge in [0.05, 0.1) is 6.04 Å². The maximum absolute atomic E-state index is 13.6. The van der Waals surface area contributed by atoms with Crippen LogP contribution in [-0.4, -0.2) is 0 Å². The van der Waals surface area contributed by atoms with E-state index in [1.54, 1.807) is 13.0 Å². The highest BCUT2D eigenvalue weighted by atomic mass is 19.2. The molecule has 0 aromatic heterocycles. The lowest BCUT2D eigenvalue weighted by molar-refractivity contribution is 0.438. The van der Waals surface area contributed by atoms with E-state index >= 15 is 0 Å². The first kappa shape index (κ1) is 13.5. The van der Waals surface area contributed by atoms with Crippen molar-refractivity contribution in [3.05, 3.63) is 70.3 Å². The molecule has 1 nitrogen and oxygen atoms in total. The third-order valence-electron chi connectivity index (χ3n) is 2.82. The lowest BCUT2D eigenvalue weighted by Gasteiger charge is -2.15. The molecular weight excluding hydrogens is 258 g/mol. The number of hydrogen-bond donors (Lipinski definition) is 1. The maximum atomic E-state index is 13.6. The fraction of sp³-hybridized carbons (Fsp3) is 0.143. The van der Waals surface area contributed by atoms with Crippen molar-refractivity contribution >= 4 is 0 Å². The molecule has 0 radical (unpaired) electrons. The first-order valence-electron chi connectivity index (χ1n) is 5.56. The number of halogens is 4. The molecule has 2 rings (SSSR count). The number of hydrogen-bond acceptors (Lipinski definition) is 1. The molecule has 19 heavy (non-hydrogen) atoms. The summed E-state index contributed by atoms with van der Waals surface area (Å²) in [5.74, 6) is -4.74. The Bertz CT molecular complexity index is 605. The van der Waals surface area contributed by atoms with E-state index in [1.807, 2.05) is 0 Å². The number of nitrogens with two attached hydrogens (primary N) is 1. The molecule has 0 saturated heterocycles. The van der Waals surface area contributed by atoms with E-state index < -0.39 is 29.3 Å². The van der Waals surface area contributed by atoms with Gasteiger partial charge in [-0.25, -0.2) is 17.6 Å². The Balaban J connectivity index is 2.50. The fourth-order valence-corrected chi connectivity index (χ4v) is 1.90. The molecule has 0 bridgehead atoms. The van der Waals surface area contributed by atoms with Crippen LogP contribution in [0.3, 0.4) is 0 Å². The zero-order valence-corrected chi connectivity index (χ0v) is 10.1. The van der Waals surface area contributed by atoms with Crippen molar-refractivity contribution < 1.29 is 17.6 Å². The van der Waals surface area contributed by atoms with E-state index in [0.29, 0.717) is 11.1 Å². The molecule has 0 amide bonds. The average Bonchev–Trinajstić information content (AvgIpc) is 2.34. The van der Waals surface area contributed by atoms with E-state index in [2.05, 4.69) is 0 Å². The van der Waals surface area contributed by atoms with Crippen molar-refractivity contribution in [2.75, 3.05) is 0 Å². The van der Waals surface area contributed by atoms with Gasteiger partial charge in [0.15, 0.2) is 17.5 Å². The molecule has 2 aromatic carbocycles. The van der Waals surface area contributed by atoms with Gasteiger partial charge in [0.2, 0.25) is 0 Å². The van der Waals surface area contributed by atoms with Crippen molar-refractivity contribution in [3.8, 4) is 0 Å². The molecule has 2 N–H and O–H groups in total. The number of benzene rings is 2. The molecule has 0 aliphatic rings. The van der Waals surface area contributed by atoms with Crippen LogP contribution in [0, 0.1) is 30.2 Å². The van der Waals surface area contributed by atoms with Gasteiger partial charge in [-0.1, -0.05) is 12.1 Å². The van der Waals surface area contributed by atoms with Gasteiger partial charge in [-0.05, 0) is 36.2 Å². The van der Waals surface area contributed by atoms with Crippen LogP contribution < -0.4 is 5.73 Å². The summed E-state index contributed by atoms with van der Waals surface area (Å²) in [7, 11) is 0. The van der Waals surface area contributed by atoms with Gasteiger partial charge < -0.3 is 5.73 Å². The second kappa shape index (κ2) is 5.01. The van der Waals surface area contributed by atoms with Crippen LogP contribution in [0.4, 0.5) is 17.6 Å². The van der Waals surface area contributed by atoms with Crippen LogP contribution in [0.25, 0.3) is 0 Å². The predicted octanol–water partition coefficient (Wildman–Crippen LogP) is 3.60.